The van der Waals surface area contributed by atoms with E-state index in [0.29, 0.717) is 27.9 Å². The van der Waals surface area contributed by atoms with Crippen molar-refractivity contribution in [2.24, 2.45) is 0 Å². The molecule has 0 aliphatic rings. The van der Waals surface area contributed by atoms with Crippen LogP contribution in [0.4, 0.5) is 5.69 Å². The van der Waals surface area contributed by atoms with Gasteiger partial charge in [0.25, 0.3) is 0 Å². The molecule has 150 valence electrons. The van der Waals surface area contributed by atoms with Gasteiger partial charge in [-0.15, -0.1) is 11.8 Å². The molecule has 1 aromatic heterocycles. The van der Waals surface area contributed by atoms with E-state index in [0.717, 1.165) is 5.75 Å². The van der Waals surface area contributed by atoms with Crippen LogP contribution in [0.1, 0.15) is 11.1 Å². The molecule has 4 aromatic rings. The van der Waals surface area contributed by atoms with Crippen LogP contribution in [-0.2, 0) is 10.5 Å². The topological polar surface area (TPSA) is 72.2 Å². The van der Waals surface area contributed by atoms with Gasteiger partial charge in [-0.1, -0.05) is 48.0 Å². The molecule has 0 radical (unpaired) electrons. The Kier molecular flexibility index (Phi) is 5.95. The van der Waals surface area contributed by atoms with Crippen LogP contribution in [0.5, 0.6) is 0 Å². The van der Waals surface area contributed by atoms with Crippen molar-refractivity contribution >= 4 is 34.3 Å². The summed E-state index contributed by atoms with van der Waals surface area (Å²) in [6, 6.07) is 22.5. The van der Waals surface area contributed by atoms with Gasteiger partial charge in [-0.3, -0.25) is 4.79 Å². The molecule has 1 heterocycles. The summed E-state index contributed by atoms with van der Waals surface area (Å²) in [7, 11) is 0. The zero-order valence-electron chi connectivity index (χ0n) is 16.4. The Balaban J connectivity index is 1.42. The summed E-state index contributed by atoms with van der Waals surface area (Å²) in [5.41, 5.74) is 3.81. The van der Waals surface area contributed by atoms with Crippen molar-refractivity contribution in [3.63, 3.8) is 0 Å². The van der Waals surface area contributed by atoms with E-state index < -0.39 is 5.63 Å². The number of amides is 1. The summed E-state index contributed by atoms with van der Waals surface area (Å²) >= 11 is 1.56. The molecule has 0 unspecified atom stereocenters. The normalized spacial score (nSPS) is 10.8. The molecule has 6 heteroatoms. The average Bonchev–Trinajstić information content (AvgIpc) is 2.75. The highest BCUT2D eigenvalue weighted by Crippen LogP contribution is 2.22. The number of fused-ring (bicyclic) bond motifs is 1. The van der Waals surface area contributed by atoms with Crippen molar-refractivity contribution < 1.29 is 9.21 Å². The number of hydrogen-bond acceptors (Lipinski definition) is 5. The lowest BCUT2D eigenvalue weighted by Gasteiger charge is -2.07. The minimum absolute atomic E-state index is 0.0859. The molecule has 3 aromatic carbocycles. The van der Waals surface area contributed by atoms with Crippen LogP contribution in [-0.4, -0.2) is 16.6 Å². The number of aryl methyl sites for hydroxylation is 1. The Labute approximate surface area is 178 Å². The Bertz CT molecular complexity index is 1250. The first kappa shape index (κ1) is 19.9. The third-order valence-electron chi connectivity index (χ3n) is 4.55. The molecule has 0 bridgehead atoms. The number of benzene rings is 3. The number of carbonyl (C=O) groups excluding carboxylic acids is 1. The summed E-state index contributed by atoms with van der Waals surface area (Å²) in [5.74, 6) is 1.27. The van der Waals surface area contributed by atoms with Crippen molar-refractivity contribution in [3.05, 3.63) is 94.3 Å². The van der Waals surface area contributed by atoms with Gasteiger partial charge in [-0.25, -0.2) is 9.78 Å². The van der Waals surface area contributed by atoms with Gasteiger partial charge in [-0.05, 0) is 42.8 Å². The number of aromatic nitrogens is 1. The molecule has 4 rings (SSSR count). The number of thioether (sulfide) groups is 1. The number of para-hydroxylation sites is 1. The summed E-state index contributed by atoms with van der Waals surface area (Å²) in [6.45, 7) is 2.05. The van der Waals surface area contributed by atoms with Crippen LogP contribution < -0.4 is 10.9 Å². The van der Waals surface area contributed by atoms with Crippen LogP contribution in [0, 0.1) is 6.92 Å². The zero-order valence-corrected chi connectivity index (χ0v) is 17.2. The SMILES string of the molecule is Cc1ccc(CSCC(=O)Nc2cccc(-c3nc4ccccc4c(=O)o3)c2)cc1. The van der Waals surface area contributed by atoms with Crippen molar-refractivity contribution in [1.82, 2.24) is 4.98 Å². The number of hydrogen-bond donors (Lipinski definition) is 1. The second-order valence-corrected chi connectivity index (χ2v) is 7.92. The fourth-order valence-corrected chi connectivity index (χ4v) is 3.80. The number of nitrogens with one attached hydrogen (secondary N) is 1. The maximum Gasteiger partial charge on any atom is 0.347 e. The fourth-order valence-electron chi connectivity index (χ4n) is 3.02. The van der Waals surface area contributed by atoms with Crippen LogP contribution >= 0.6 is 11.8 Å². The van der Waals surface area contributed by atoms with Gasteiger partial charge < -0.3 is 9.73 Å². The van der Waals surface area contributed by atoms with Gasteiger partial charge >= 0.3 is 5.63 Å². The summed E-state index contributed by atoms with van der Waals surface area (Å²) < 4.78 is 5.38. The molecule has 0 saturated heterocycles. The van der Waals surface area contributed by atoms with Crippen molar-refractivity contribution in [1.29, 1.82) is 0 Å². The van der Waals surface area contributed by atoms with Gasteiger partial charge in [0.1, 0.15) is 0 Å². The van der Waals surface area contributed by atoms with Crippen molar-refractivity contribution in [2.45, 2.75) is 12.7 Å². The molecule has 1 amide bonds. The molecule has 30 heavy (non-hydrogen) atoms. The monoisotopic (exact) mass is 416 g/mol. The fraction of sp³-hybridized carbons (Fsp3) is 0.125. The van der Waals surface area contributed by atoms with Gasteiger partial charge in [0.05, 0.1) is 16.7 Å². The number of rotatable bonds is 6. The third kappa shape index (κ3) is 4.78. The molecule has 1 N–H and O–H groups in total. The quantitative estimate of drug-likeness (QED) is 0.477. The Hall–Kier alpha value is -3.38. The molecular weight excluding hydrogens is 396 g/mol. The van der Waals surface area contributed by atoms with E-state index in [2.05, 4.69) is 41.5 Å². The van der Waals surface area contributed by atoms with E-state index in [-0.39, 0.29) is 11.8 Å². The van der Waals surface area contributed by atoms with Crippen LogP contribution in [0.3, 0.4) is 0 Å². The van der Waals surface area contributed by atoms with Gasteiger partial charge in [0.15, 0.2) is 0 Å². The molecule has 0 aliphatic carbocycles. The smallest absolute Gasteiger partial charge is 0.347 e. The highest BCUT2D eigenvalue weighted by atomic mass is 32.2. The van der Waals surface area contributed by atoms with Crippen molar-refractivity contribution in [2.75, 3.05) is 11.1 Å². The first-order chi connectivity index (χ1) is 14.6. The minimum Gasteiger partial charge on any atom is -0.403 e. The predicted molar refractivity (Wildman–Crippen MR) is 122 cm³/mol. The van der Waals surface area contributed by atoms with Crippen LogP contribution in [0.15, 0.2) is 82.0 Å². The second kappa shape index (κ2) is 8.97. The lowest BCUT2D eigenvalue weighted by Crippen LogP contribution is -2.14. The Morgan fingerprint density at radius 3 is 2.67 bits per heavy atom. The Morgan fingerprint density at radius 1 is 1.03 bits per heavy atom. The summed E-state index contributed by atoms with van der Waals surface area (Å²) in [5, 5.41) is 3.33. The lowest BCUT2D eigenvalue weighted by molar-refractivity contribution is -0.113. The molecule has 5 nitrogen and oxygen atoms in total. The van der Waals surface area contributed by atoms with Gasteiger partial charge in [-0.2, -0.15) is 0 Å². The number of carbonyl (C=O) groups is 1. The summed E-state index contributed by atoms with van der Waals surface area (Å²) in [4.78, 5) is 29.0. The molecule has 0 aliphatic heterocycles. The third-order valence-corrected chi connectivity index (χ3v) is 5.55. The van der Waals surface area contributed by atoms with Gasteiger partial charge in [0.2, 0.25) is 11.8 Å². The molecule has 0 spiro atoms. The second-order valence-electron chi connectivity index (χ2n) is 6.93. The van der Waals surface area contributed by atoms with E-state index in [1.54, 1.807) is 54.2 Å². The highest BCUT2D eigenvalue weighted by molar-refractivity contribution is 7.99. The zero-order chi connectivity index (χ0) is 20.9. The lowest BCUT2D eigenvalue weighted by atomic mass is 10.2. The molecular formula is C24H20N2O3S. The maximum atomic E-state index is 12.3. The van der Waals surface area contributed by atoms with Crippen LogP contribution in [0.2, 0.25) is 0 Å². The van der Waals surface area contributed by atoms with E-state index in [4.69, 9.17) is 4.42 Å². The number of anilines is 1. The average molecular weight is 417 g/mol. The maximum absolute atomic E-state index is 12.3. The van der Waals surface area contributed by atoms with Crippen molar-refractivity contribution in [3.8, 4) is 11.5 Å². The van der Waals surface area contributed by atoms with E-state index in [1.165, 1.54) is 11.1 Å². The Morgan fingerprint density at radius 2 is 1.83 bits per heavy atom. The predicted octanol–water partition coefficient (Wildman–Crippen LogP) is 5.04. The minimum atomic E-state index is -0.433. The molecule has 0 atom stereocenters. The van der Waals surface area contributed by atoms with Crippen LogP contribution in [0.25, 0.3) is 22.4 Å². The standard InChI is InChI=1S/C24H20N2O3S/c1-16-9-11-17(12-10-16)14-30-15-22(27)25-19-6-4-5-18(13-19)23-26-21-8-3-2-7-20(21)24(28)29-23/h2-13H,14-15H2,1H3,(H,25,27). The van der Waals surface area contributed by atoms with E-state index >= 15 is 0 Å². The highest BCUT2D eigenvalue weighted by Gasteiger charge is 2.10. The van der Waals surface area contributed by atoms with E-state index in [9.17, 15) is 9.59 Å². The van der Waals surface area contributed by atoms with Gasteiger partial charge in [0, 0.05) is 17.0 Å². The first-order valence-electron chi connectivity index (χ1n) is 9.52. The molecule has 0 saturated carbocycles. The largest absolute Gasteiger partial charge is 0.403 e. The first-order valence-corrected chi connectivity index (χ1v) is 10.7. The number of nitrogens with zero attached hydrogens (tertiary/aromatic N) is 1. The van der Waals surface area contributed by atoms with E-state index in [1.807, 2.05) is 6.07 Å². The summed E-state index contributed by atoms with van der Waals surface area (Å²) in [6.07, 6.45) is 0. The molecule has 0 fully saturated rings.